The van der Waals surface area contributed by atoms with Crippen LogP contribution in [0, 0.1) is 12.8 Å². The summed E-state index contributed by atoms with van der Waals surface area (Å²) in [5, 5.41) is 12.7. The number of para-hydroxylation sites is 1. The van der Waals surface area contributed by atoms with Gasteiger partial charge in [-0.25, -0.2) is 0 Å². The number of carbonyl (C=O) groups is 1. The number of aliphatic hydroxyl groups excluding tert-OH is 1. The van der Waals surface area contributed by atoms with Crippen LogP contribution in [0.1, 0.15) is 29.8 Å². The Balaban J connectivity index is 2.42. The summed E-state index contributed by atoms with van der Waals surface area (Å²) in [5.74, 6) is -0.485. The van der Waals surface area contributed by atoms with Gasteiger partial charge in [-0.1, -0.05) is 25.1 Å². The monoisotopic (exact) mass is 288 g/mol. The first-order valence-corrected chi connectivity index (χ1v) is 6.99. The van der Waals surface area contributed by atoms with E-state index in [-0.39, 0.29) is 24.1 Å². The Morgan fingerprint density at radius 1 is 1.33 bits per heavy atom. The molecule has 3 N–H and O–H groups in total. The number of pyridine rings is 1. The molecule has 1 aromatic heterocycles. The second-order valence-corrected chi connectivity index (χ2v) is 5.42. The fourth-order valence-corrected chi connectivity index (χ4v) is 2.26. The van der Waals surface area contributed by atoms with Gasteiger partial charge in [0, 0.05) is 23.6 Å². The molecule has 0 aliphatic heterocycles. The molecule has 1 heterocycles. The van der Waals surface area contributed by atoms with Gasteiger partial charge in [0.2, 0.25) is 0 Å². The van der Waals surface area contributed by atoms with Crippen molar-refractivity contribution in [2.24, 2.45) is 5.92 Å². The molecule has 112 valence electrons. The zero-order valence-electron chi connectivity index (χ0n) is 12.4. The normalized spacial score (nSPS) is 13.9. The van der Waals surface area contributed by atoms with Crippen molar-refractivity contribution in [1.29, 1.82) is 0 Å². The lowest BCUT2D eigenvalue weighted by molar-refractivity contribution is 0.0914. The molecule has 0 bridgehead atoms. The number of rotatable bonds is 4. The van der Waals surface area contributed by atoms with E-state index in [1.165, 1.54) is 0 Å². The molecular weight excluding hydrogens is 268 g/mol. The van der Waals surface area contributed by atoms with E-state index in [2.05, 4.69) is 10.3 Å². The lowest BCUT2D eigenvalue weighted by Crippen LogP contribution is -2.40. The molecule has 1 aromatic carbocycles. The molecule has 0 saturated carbocycles. The van der Waals surface area contributed by atoms with Gasteiger partial charge in [-0.15, -0.1) is 0 Å². The van der Waals surface area contributed by atoms with Gasteiger partial charge < -0.3 is 15.4 Å². The predicted molar refractivity (Wildman–Crippen MR) is 82.5 cm³/mol. The van der Waals surface area contributed by atoms with E-state index in [1.54, 1.807) is 6.92 Å². The summed E-state index contributed by atoms with van der Waals surface area (Å²) >= 11 is 0. The van der Waals surface area contributed by atoms with Gasteiger partial charge >= 0.3 is 0 Å². The van der Waals surface area contributed by atoms with Crippen LogP contribution in [0.15, 0.2) is 29.1 Å². The number of aromatic amines is 1. The van der Waals surface area contributed by atoms with Gasteiger partial charge in [-0.3, -0.25) is 9.59 Å². The summed E-state index contributed by atoms with van der Waals surface area (Å²) < 4.78 is 0. The average Bonchev–Trinajstić information content (AvgIpc) is 2.46. The molecule has 1 amide bonds. The van der Waals surface area contributed by atoms with Crippen LogP contribution in [-0.2, 0) is 0 Å². The molecule has 2 aromatic rings. The lowest BCUT2D eigenvalue weighted by Gasteiger charge is -2.19. The molecule has 0 aliphatic rings. The first-order chi connectivity index (χ1) is 9.95. The third-order valence-electron chi connectivity index (χ3n) is 3.91. The summed E-state index contributed by atoms with van der Waals surface area (Å²) in [6.45, 7) is 5.40. The molecule has 0 radical (unpaired) electrons. The van der Waals surface area contributed by atoms with Gasteiger partial charge in [-0.05, 0) is 31.4 Å². The van der Waals surface area contributed by atoms with Crippen LogP contribution in [-0.4, -0.2) is 28.6 Å². The Morgan fingerprint density at radius 3 is 2.67 bits per heavy atom. The first kappa shape index (κ1) is 15.3. The van der Waals surface area contributed by atoms with Crippen LogP contribution >= 0.6 is 0 Å². The summed E-state index contributed by atoms with van der Waals surface area (Å²) in [6.07, 6.45) is 0. The van der Waals surface area contributed by atoms with Crippen molar-refractivity contribution >= 4 is 16.8 Å². The number of amides is 1. The number of hydrogen-bond donors (Lipinski definition) is 3. The lowest BCUT2D eigenvalue weighted by atomic mass is 10.0. The molecule has 5 heteroatoms. The molecule has 0 fully saturated rings. The molecule has 0 spiro atoms. The van der Waals surface area contributed by atoms with Gasteiger partial charge in [-0.2, -0.15) is 0 Å². The number of benzene rings is 1. The largest absolute Gasteiger partial charge is 0.396 e. The van der Waals surface area contributed by atoms with E-state index in [0.717, 1.165) is 5.39 Å². The van der Waals surface area contributed by atoms with Gasteiger partial charge in [0.05, 0.1) is 0 Å². The third-order valence-corrected chi connectivity index (χ3v) is 3.91. The van der Waals surface area contributed by atoms with Crippen molar-refractivity contribution in [3.8, 4) is 0 Å². The van der Waals surface area contributed by atoms with E-state index in [9.17, 15) is 9.59 Å². The number of nitrogens with one attached hydrogen (secondary N) is 2. The quantitative estimate of drug-likeness (QED) is 0.799. The number of fused-ring (bicyclic) bond motifs is 1. The number of aromatic nitrogens is 1. The van der Waals surface area contributed by atoms with E-state index in [1.807, 2.05) is 38.1 Å². The van der Waals surface area contributed by atoms with Crippen molar-refractivity contribution in [3.63, 3.8) is 0 Å². The third kappa shape index (κ3) is 2.97. The number of aryl methyl sites for hydroxylation is 1. The van der Waals surface area contributed by atoms with Crippen LogP contribution in [0.25, 0.3) is 10.9 Å². The van der Waals surface area contributed by atoms with E-state index < -0.39 is 11.5 Å². The maximum atomic E-state index is 12.3. The average molecular weight is 288 g/mol. The van der Waals surface area contributed by atoms with Gasteiger partial charge in [0.25, 0.3) is 11.5 Å². The Kier molecular flexibility index (Phi) is 4.43. The Bertz CT molecular complexity index is 721. The molecule has 2 rings (SSSR count). The highest BCUT2D eigenvalue weighted by Crippen LogP contribution is 2.17. The minimum atomic E-state index is -0.410. The van der Waals surface area contributed by atoms with E-state index >= 15 is 0 Å². The Hall–Kier alpha value is -2.14. The molecule has 2 atom stereocenters. The SMILES string of the molecule is Cc1c(C(=O)NC(C)C(C)CO)c(=O)[nH]c2ccccc12. The summed E-state index contributed by atoms with van der Waals surface area (Å²) in [5.41, 5.74) is 1.11. The molecule has 0 aliphatic carbocycles. The standard InChI is InChI=1S/C16H20N2O3/c1-9(8-19)11(3)17-15(20)14-10(2)12-6-4-5-7-13(12)18-16(14)21/h4-7,9,11,19H,8H2,1-3H3,(H,17,20)(H,18,21). The number of H-pyrrole nitrogens is 1. The first-order valence-electron chi connectivity index (χ1n) is 6.99. The maximum Gasteiger partial charge on any atom is 0.261 e. The van der Waals surface area contributed by atoms with Crippen molar-refractivity contribution in [1.82, 2.24) is 10.3 Å². The van der Waals surface area contributed by atoms with Crippen molar-refractivity contribution in [2.75, 3.05) is 6.61 Å². The molecule has 2 unspecified atom stereocenters. The number of hydrogen-bond acceptors (Lipinski definition) is 3. The molecule has 0 saturated heterocycles. The van der Waals surface area contributed by atoms with Crippen molar-refractivity contribution in [2.45, 2.75) is 26.8 Å². The summed E-state index contributed by atoms with van der Waals surface area (Å²) in [4.78, 5) is 27.2. The van der Waals surface area contributed by atoms with Gasteiger partial charge in [0.1, 0.15) is 5.56 Å². The number of carbonyl (C=O) groups excluding carboxylic acids is 1. The fourth-order valence-electron chi connectivity index (χ4n) is 2.26. The van der Waals surface area contributed by atoms with Crippen LogP contribution in [0.2, 0.25) is 0 Å². The predicted octanol–water partition coefficient (Wildman–Crippen LogP) is 1.58. The zero-order chi connectivity index (χ0) is 15.6. The summed E-state index contributed by atoms with van der Waals surface area (Å²) in [7, 11) is 0. The fraction of sp³-hybridized carbons (Fsp3) is 0.375. The van der Waals surface area contributed by atoms with Crippen LogP contribution < -0.4 is 10.9 Å². The smallest absolute Gasteiger partial charge is 0.261 e. The minimum Gasteiger partial charge on any atom is -0.396 e. The summed E-state index contributed by atoms with van der Waals surface area (Å²) in [6, 6.07) is 7.17. The highest BCUT2D eigenvalue weighted by atomic mass is 16.3. The van der Waals surface area contributed by atoms with E-state index in [4.69, 9.17) is 5.11 Å². The highest BCUT2D eigenvalue weighted by Gasteiger charge is 2.20. The molecular formula is C16H20N2O3. The maximum absolute atomic E-state index is 12.3. The Morgan fingerprint density at radius 2 is 2.00 bits per heavy atom. The second-order valence-electron chi connectivity index (χ2n) is 5.42. The Labute approximate surface area is 123 Å². The van der Waals surface area contributed by atoms with E-state index in [0.29, 0.717) is 11.1 Å². The zero-order valence-corrected chi connectivity index (χ0v) is 12.4. The number of aliphatic hydroxyl groups is 1. The topological polar surface area (TPSA) is 82.2 Å². The molecule has 5 nitrogen and oxygen atoms in total. The van der Waals surface area contributed by atoms with Gasteiger partial charge in [0.15, 0.2) is 0 Å². The second kappa shape index (κ2) is 6.10. The molecule has 21 heavy (non-hydrogen) atoms. The van der Waals surface area contributed by atoms with Crippen molar-refractivity contribution < 1.29 is 9.90 Å². The minimum absolute atomic E-state index is 0.0193. The van der Waals surface area contributed by atoms with Crippen LogP contribution in [0.3, 0.4) is 0 Å². The highest BCUT2D eigenvalue weighted by molar-refractivity contribution is 5.99. The van der Waals surface area contributed by atoms with Crippen LogP contribution in [0.5, 0.6) is 0 Å². The van der Waals surface area contributed by atoms with Crippen molar-refractivity contribution in [3.05, 3.63) is 45.7 Å². The van der Waals surface area contributed by atoms with Crippen LogP contribution in [0.4, 0.5) is 0 Å².